The van der Waals surface area contributed by atoms with E-state index in [1.54, 1.807) is 12.1 Å². The van der Waals surface area contributed by atoms with Gasteiger partial charge in [-0.05, 0) is 73.2 Å². The van der Waals surface area contributed by atoms with Crippen molar-refractivity contribution in [2.75, 3.05) is 28.2 Å². The first kappa shape index (κ1) is 20.5. The van der Waals surface area contributed by atoms with Crippen LogP contribution in [-0.2, 0) is 9.59 Å². The molecule has 0 atom stereocenters. The molecule has 162 valence electrons. The van der Waals surface area contributed by atoms with Gasteiger partial charge in [-0.3, -0.25) is 9.59 Å². The van der Waals surface area contributed by atoms with Crippen LogP contribution >= 0.6 is 11.3 Å². The predicted octanol–water partition coefficient (Wildman–Crippen LogP) is 5.27. The molecule has 3 aromatic rings. The summed E-state index contributed by atoms with van der Waals surface area (Å²) < 4.78 is 13.8. The van der Waals surface area contributed by atoms with Crippen molar-refractivity contribution in [1.82, 2.24) is 0 Å². The van der Waals surface area contributed by atoms with E-state index in [2.05, 4.69) is 10.2 Å². The first-order valence-corrected chi connectivity index (χ1v) is 11.5. The molecule has 2 aromatic carbocycles. The van der Waals surface area contributed by atoms with Crippen LogP contribution in [0.15, 0.2) is 71.7 Å². The second-order valence-electron chi connectivity index (χ2n) is 7.87. The number of piperidine rings is 1. The van der Waals surface area contributed by atoms with Crippen LogP contribution in [0.4, 0.5) is 21.5 Å². The summed E-state index contributed by atoms with van der Waals surface area (Å²) in [5.74, 6) is -1.46. The lowest BCUT2D eigenvalue weighted by Crippen LogP contribution is -2.32. The number of thiophene rings is 1. The second-order valence-corrected chi connectivity index (χ2v) is 8.82. The van der Waals surface area contributed by atoms with Gasteiger partial charge in [-0.25, -0.2) is 9.29 Å². The van der Waals surface area contributed by atoms with Gasteiger partial charge in [-0.2, -0.15) is 0 Å². The Kier molecular flexibility index (Phi) is 5.49. The van der Waals surface area contributed by atoms with E-state index < -0.39 is 17.6 Å². The summed E-state index contributed by atoms with van der Waals surface area (Å²) in [5.41, 5.74) is 2.59. The standard InChI is InChI=1S/C25H22FN3O2S/c26-17-6-4-7-20(16-17)29-24(30)22(21-8-5-15-32-21)23(25(29)31)27-18-9-11-19(12-10-18)28-13-2-1-3-14-28/h4-12,15-16,27H,1-3,13-14H2. The number of carbonyl (C=O) groups is 2. The molecule has 1 aromatic heterocycles. The fourth-order valence-electron chi connectivity index (χ4n) is 4.20. The van der Waals surface area contributed by atoms with Crippen molar-refractivity contribution in [3.63, 3.8) is 0 Å². The molecule has 32 heavy (non-hydrogen) atoms. The maximum absolute atomic E-state index is 13.8. The number of rotatable bonds is 5. The third-order valence-electron chi connectivity index (χ3n) is 5.78. The first-order valence-electron chi connectivity index (χ1n) is 10.7. The van der Waals surface area contributed by atoms with E-state index in [1.165, 1.54) is 48.8 Å². The highest BCUT2D eigenvalue weighted by Crippen LogP contribution is 2.36. The van der Waals surface area contributed by atoms with Crippen LogP contribution in [0, 0.1) is 5.82 Å². The summed E-state index contributed by atoms with van der Waals surface area (Å²) in [6, 6.07) is 17.1. The van der Waals surface area contributed by atoms with E-state index in [0.29, 0.717) is 10.5 Å². The van der Waals surface area contributed by atoms with Gasteiger partial charge in [-0.1, -0.05) is 12.1 Å². The Hall–Kier alpha value is -3.45. The maximum Gasteiger partial charge on any atom is 0.282 e. The highest BCUT2D eigenvalue weighted by molar-refractivity contribution is 7.11. The monoisotopic (exact) mass is 447 g/mol. The van der Waals surface area contributed by atoms with Gasteiger partial charge in [0.05, 0.1) is 11.3 Å². The number of benzene rings is 2. The topological polar surface area (TPSA) is 52.7 Å². The zero-order valence-electron chi connectivity index (χ0n) is 17.4. The number of halogens is 1. The van der Waals surface area contributed by atoms with Gasteiger partial charge in [0.15, 0.2) is 0 Å². The van der Waals surface area contributed by atoms with E-state index in [0.717, 1.165) is 29.4 Å². The quantitative estimate of drug-likeness (QED) is 0.541. The Morgan fingerprint density at radius 2 is 1.62 bits per heavy atom. The largest absolute Gasteiger partial charge is 0.372 e. The molecule has 0 spiro atoms. The average molecular weight is 448 g/mol. The Morgan fingerprint density at radius 1 is 0.844 bits per heavy atom. The minimum absolute atomic E-state index is 0.201. The molecule has 2 amide bonds. The maximum atomic E-state index is 13.8. The van der Waals surface area contributed by atoms with Crippen LogP contribution in [-0.4, -0.2) is 24.9 Å². The van der Waals surface area contributed by atoms with E-state index in [9.17, 15) is 14.0 Å². The third-order valence-corrected chi connectivity index (χ3v) is 6.66. The van der Waals surface area contributed by atoms with E-state index >= 15 is 0 Å². The summed E-state index contributed by atoms with van der Waals surface area (Å²) in [4.78, 5) is 30.7. The molecule has 0 saturated carbocycles. The summed E-state index contributed by atoms with van der Waals surface area (Å²) in [6.45, 7) is 2.10. The number of nitrogens with zero attached hydrogens (tertiary/aromatic N) is 2. The molecule has 0 bridgehead atoms. The number of anilines is 3. The number of hydrogen-bond acceptors (Lipinski definition) is 5. The van der Waals surface area contributed by atoms with Crippen molar-refractivity contribution in [3.05, 3.63) is 82.4 Å². The predicted molar refractivity (Wildman–Crippen MR) is 126 cm³/mol. The Morgan fingerprint density at radius 3 is 2.31 bits per heavy atom. The zero-order valence-corrected chi connectivity index (χ0v) is 18.2. The van der Waals surface area contributed by atoms with Crippen molar-refractivity contribution in [2.24, 2.45) is 0 Å². The number of amides is 2. The summed E-state index contributed by atoms with van der Waals surface area (Å²) in [7, 11) is 0. The zero-order chi connectivity index (χ0) is 22.1. The number of carbonyl (C=O) groups excluding carboxylic acids is 2. The molecule has 0 unspecified atom stereocenters. The molecule has 1 N–H and O–H groups in total. The summed E-state index contributed by atoms with van der Waals surface area (Å²) >= 11 is 1.38. The van der Waals surface area contributed by atoms with Gasteiger partial charge < -0.3 is 10.2 Å². The van der Waals surface area contributed by atoms with Gasteiger partial charge >= 0.3 is 0 Å². The molecule has 5 rings (SSSR count). The highest BCUT2D eigenvalue weighted by Gasteiger charge is 2.40. The van der Waals surface area contributed by atoms with Gasteiger partial charge in [0, 0.05) is 29.3 Å². The molecular formula is C25H22FN3O2S. The lowest BCUT2D eigenvalue weighted by molar-refractivity contribution is -0.120. The van der Waals surface area contributed by atoms with Crippen LogP contribution in [0.25, 0.3) is 5.57 Å². The lowest BCUT2D eigenvalue weighted by Gasteiger charge is -2.28. The molecule has 1 saturated heterocycles. The van der Waals surface area contributed by atoms with Crippen molar-refractivity contribution >= 4 is 45.8 Å². The average Bonchev–Trinajstić information content (AvgIpc) is 3.41. The lowest BCUT2D eigenvalue weighted by atomic mass is 10.1. The smallest absolute Gasteiger partial charge is 0.282 e. The number of imide groups is 1. The van der Waals surface area contributed by atoms with Crippen molar-refractivity contribution in [2.45, 2.75) is 19.3 Å². The minimum atomic E-state index is -0.504. The third kappa shape index (κ3) is 3.80. The SMILES string of the molecule is O=C1C(Nc2ccc(N3CCCCC3)cc2)=C(c2cccs2)C(=O)N1c1cccc(F)c1. The summed E-state index contributed by atoms with van der Waals surface area (Å²) in [5, 5.41) is 5.02. The van der Waals surface area contributed by atoms with Crippen LogP contribution in [0.2, 0.25) is 0 Å². The fraction of sp³-hybridized carbons (Fsp3) is 0.200. The Balaban J connectivity index is 1.47. The van der Waals surface area contributed by atoms with E-state index in [-0.39, 0.29) is 11.4 Å². The number of nitrogens with one attached hydrogen (secondary N) is 1. The fourth-order valence-corrected chi connectivity index (χ4v) is 4.96. The van der Waals surface area contributed by atoms with E-state index in [1.807, 2.05) is 35.7 Å². The van der Waals surface area contributed by atoms with Crippen LogP contribution in [0.5, 0.6) is 0 Å². The first-order chi connectivity index (χ1) is 15.6. The van der Waals surface area contributed by atoms with Crippen LogP contribution < -0.4 is 15.1 Å². The number of hydrogen-bond donors (Lipinski definition) is 1. The van der Waals surface area contributed by atoms with Crippen LogP contribution in [0.3, 0.4) is 0 Å². The molecule has 2 aliphatic rings. The highest BCUT2D eigenvalue weighted by atomic mass is 32.1. The van der Waals surface area contributed by atoms with E-state index in [4.69, 9.17) is 0 Å². The molecule has 3 heterocycles. The Bertz CT molecular complexity index is 1180. The molecule has 0 radical (unpaired) electrons. The molecule has 7 heteroatoms. The molecule has 0 aliphatic carbocycles. The van der Waals surface area contributed by atoms with Gasteiger partial charge in [0.1, 0.15) is 11.5 Å². The molecule has 1 fully saturated rings. The van der Waals surface area contributed by atoms with Crippen LogP contribution in [0.1, 0.15) is 24.1 Å². The normalized spacial score (nSPS) is 16.8. The molecule has 2 aliphatic heterocycles. The van der Waals surface area contributed by atoms with Gasteiger partial charge in [-0.15, -0.1) is 11.3 Å². The van der Waals surface area contributed by atoms with Crippen molar-refractivity contribution in [1.29, 1.82) is 0 Å². The summed E-state index contributed by atoms with van der Waals surface area (Å²) in [6.07, 6.45) is 3.67. The Labute approximate surface area is 189 Å². The molecular weight excluding hydrogens is 425 g/mol. The van der Waals surface area contributed by atoms with Gasteiger partial charge in [0.25, 0.3) is 11.8 Å². The van der Waals surface area contributed by atoms with Crippen molar-refractivity contribution < 1.29 is 14.0 Å². The van der Waals surface area contributed by atoms with Gasteiger partial charge in [0.2, 0.25) is 0 Å². The second kappa shape index (κ2) is 8.59. The molecule has 5 nitrogen and oxygen atoms in total. The van der Waals surface area contributed by atoms with Crippen molar-refractivity contribution in [3.8, 4) is 0 Å². The minimum Gasteiger partial charge on any atom is -0.372 e.